The van der Waals surface area contributed by atoms with Crippen molar-refractivity contribution in [1.82, 2.24) is 0 Å². The van der Waals surface area contributed by atoms with Gasteiger partial charge in [0.15, 0.2) is 5.78 Å². The van der Waals surface area contributed by atoms with Crippen molar-refractivity contribution in [2.75, 3.05) is 40.6 Å². The third kappa shape index (κ3) is 8.13. The standard InChI is InChI=1S/C9H13FO4.C9H14O4/c1-13-9(12)7(10)8(11)6-2-4-14-5-3-6;1-12-9(11)6-8(10)7-2-4-13-5-3-7/h6-7H,2-5H2,1H3;7H,2-6H2,1H3. The third-order valence-electron chi connectivity index (χ3n) is 4.50. The smallest absolute Gasteiger partial charge is 0.348 e. The molecule has 0 saturated carbocycles. The molecule has 27 heavy (non-hydrogen) atoms. The molecule has 2 rings (SSSR count). The number of ether oxygens (including phenoxy) is 4. The molecule has 1 unspecified atom stereocenters. The molecule has 0 amide bonds. The van der Waals surface area contributed by atoms with Gasteiger partial charge < -0.3 is 18.9 Å². The Morgan fingerprint density at radius 3 is 1.81 bits per heavy atom. The van der Waals surface area contributed by atoms with Crippen LogP contribution in [0, 0.1) is 11.8 Å². The first-order chi connectivity index (χ1) is 12.9. The molecule has 0 aliphatic carbocycles. The molecule has 0 bridgehead atoms. The van der Waals surface area contributed by atoms with Gasteiger partial charge in [0.25, 0.3) is 6.17 Å². The number of ketones is 2. The SMILES string of the molecule is COC(=O)C(F)C(=O)C1CCOCC1.COC(=O)CC(=O)C1CCOCC1. The van der Waals surface area contributed by atoms with Crippen molar-refractivity contribution in [2.45, 2.75) is 38.3 Å². The maximum atomic E-state index is 13.1. The summed E-state index contributed by atoms with van der Waals surface area (Å²) in [6, 6.07) is 0. The number of alkyl halides is 1. The number of rotatable bonds is 6. The van der Waals surface area contributed by atoms with E-state index < -0.39 is 29.8 Å². The minimum absolute atomic E-state index is 0.00662. The van der Waals surface area contributed by atoms with Crippen LogP contribution in [0.4, 0.5) is 4.39 Å². The Kier molecular flexibility index (Phi) is 10.7. The summed E-state index contributed by atoms with van der Waals surface area (Å²) < 4.78 is 31.8. The molecule has 0 N–H and O–H groups in total. The fraction of sp³-hybridized carbons (Fsp3) is 0.778. The molecular formula is C18H27FO8. The number of hydrogen-bond donors (Lipinski definition) is 0. The van der Waals surface area contributed by atoms with Crippen LogP contribution in [0.5, 0.6) is 0 Å². The molecule has 9 heteroatoms. The number of carbonyl (C=O) groups excluding carboxylic acids is 4. The van der Waals surface area contributed by atoms with Crippen molar-refractivity contribution in [3.8, 4) is 0 Å². The van der Waals surface area contributed by atoms with Crippen LogP contribution in [0.15, 0.2) is 0 Å². The van der Waals surface area contributed by atoms with Crippen molar-refractivity contribution < 1.29 is 42.5 Å². The fourth-order valence-electron chi connectivity index (χ4n) is 2.79. The van der Waals surface area contributed by atoms with Crippen LogP contribution in [-0.2, 0) is 38.1 Å². The number of esters is 2. The highest BCUT2D eigenvalue weighted by Crippen LogP contribution is 2.19. The Morgan fingerprint density at radius 2 is 1.37 bits per heavy atom. The Hall–Kier alpha value is -1.87. The topological polar surface area (TPSA) is 105 Å². The first-order valence-electron chi connectivity index (χ1n) is 8.91. The molecule has 0 spiro atoms. The van der Waals surface area contributed by atoms with E-state index in [0.29, 0.717) is 39.3 Å². The average molecular weight is 390 g/mol. The van der Waals surface area contributed by atoms with Crippen molar-refractivity contribution in [3.63, 3.8) is 0 Å². The summed E-state index contributed by atoms with van der Waals surface area (Å²) in [5.41, 5.74) is 0. The predicted molar refractivity (Wildman–Crippen MR) is 90.6 cm³/mol. The summed E-state index contributed by atoms with van der Waals surface area (Å²) >= 11 is 0. The lowest BCUT2D eigenvalue weighted by Crippen LogP contribution is -2.35. The second kappa shape index (κ2) is 12.5. The highest BCUT2D eigenvalue weighted by atomic mass is 19.1. The normalized spacial score (nSPS) is 19.2. The lowest BCUT2D eigenvalue weighted by molar-refractivity contribution is -0.153. The van der Waals surface area contributed by atoms with E-state index in [1.54, 1.807) is 0 Å². The molecule has 2 aliphatic heterocycles. The van der Waals surface area contributed by atoms with Crippen LogP contribution in [0.2, 0.25) is 0 Å². The molecule has 0 aromatic heterocycles. The third-order valence-corrected chi connectivity index (χ3v) is 4.50. The van der Waals surface area contributed by atoms with Crippen LogP contribution in [0.25, 0.3) is 0 Å². The quantitative estimate of drug-likeness (QED) is 0.489. The lowest BCUT2D eigenvalue weighted by atomic mass is 9.93. The summed E-state index contributed by atoms with van der Waals surface area (Å²) in [7, 11) is 2.35. The van der Waals surface area contributed by atoms with Gasteiger partial charge in [-0.05, 0) is 25.7 Å². The Morgan fingerprint density at radius 1 is 0.889 bits per heavy atom. The van der Waals surface area contributed by atoms with Gasteiger partial charge in [0.1, 0.15) is 12.2 Å². The number of Topliss-reactive ketones (excluding diaryl/α,β-unsaturated/α-hetero) is 2. The van der Waals surface area contributed by atoms with Crippen LogP contribution in [-0.4, -0.2) is 70.3 Å². The molecule has 2 heterocycles. The minimum Gasteiger partial charge on any atom is -0.469 e. The zero-order chi connectivity index (χ0) is 20.2. The van der Waals surface area contributed by atoms with Crippen molar-refractivity contribution in [3.05, 3.63) is 0 Å². The van der Waals surface area contributed by atoms with Crippen LogP contribution >= 0.6 is 0 Å². The predicted octanol–water partition coefficient (Wildman–Crippen LogP) is 1.04. The van der Waals surface area contributed by atoms with Crippen molar-refractivity contribution in [2.24, 2.45) is 11.8 Å². The molecule has 1 atom stereocenters. The number of methoxy groups -OCH3 is 2. The monoisotopic (exact) mass is 390 g/mol. The van der Waals surface area contributed by atoms with Crippen molar-refractivity contribution >= 4 is 23.5 Å². The van der Waals surface area contributed by atoms with Gasteiger partial charge >= 0.3 is 11.9 Å². The summed E-state index contributed by atoms with van der Waals surface area (Å²) in [5.74, 6) is -2.67. The maximum absolute atomic E-state index is 13.1. The Bertz CT molecular complexity index is 509. The van der Waals surface area contributed by atoms with Gasteiger partial charge in [-0.1, -0.05) is 0 Å². The highest BCUT2D eigenvalue weighted by molar-refractivity contribution is 6.02. The largest absolute Gasteiger partial charge is 0.469 e. The number of carbonyl (C=O) groups is 4. The molecule has 0 aromatic rings. The number of hydrogen-bond acceptors (Lipinski definition) is 8. The van der Waals surface area contributed by atoms with Gasteiger partial charge in [-0.3, -0.25) is 14.4 Å². The van der Waals surface area contributed by atoms with Gasteiger partial charge in [-0.15, -0.1) is 0 Å². The van der Waals surface area contributed by atoms with Gasteiger partial charge in [-0.2, -0.15) is 0 Å². The summed E-state index contributed by atoms with van der Waals surface area (Å²) in [4.78, 5) is 44.3. The number of halogens is 1. The molecular weight excluding hydrogens is 363 g/mol. The van der Waals surface area contributed by atoms with Crippen LogP contribution < -0.4 is 0 Å². The molecule has 2 fully saturated rings. The van der Waals surface area contributed by atoms with E-state index in [1.807, 2.05) is 0 Å². The Labute approximate surface area is 157 Å². The molecule has 154 valence electrons. The van der Waals surface area contributed by atoms with E-state index >= 15 is 0 Å². The van der Waals surface area contributed by atoms with Gasteiger partial charge in [0.05, 0.1) is 14.2 Å². The van der Waals surface area contributed by atoms with E-state index in [1.165, 1.54) is 7.11 Å². The molecule has 2 saturated heterocycles. The maximum Gasteiger partial charge on any atom is 0.348 e. The van der Waals surface area contributed by atoms with E-state index in [-0.39, 0.29) is 18.1 Å². The van der Waals surface area contributed by atoms with Crippen LogP contribution in [0.3, 0.4) is 0 Å². The van der Waals surface area contributed by atoms with E-state index in [2.05, 4.69) is 9.47 Å². The molecule has 8 nitrogen and oxygen atoms in total. The fourth-order valence-corrected chi connectivity index (χ4v) is 2.79. The second-order valence-electron chi connectivity index (χ2n) is 6.28. The lowest BCUT2D eigenvalue weighted by Gasteiger charge is -2.21. The van der Waals surface area contributed by atoms with Crippen molar-refractivity contribution in [1.29, 1.82) is 0 Å². The molecule has 0 aromatic carbocycles. The van der Waals surface area contributed by atoms with Gasteiger partial charge in [0, 0.05) is 38.3 Å². The first kappa shape index (κ1) is 23.2. The zero-order valence-electron chi connectivity index (χ0n) is 15.7. The average Bonchev–Trinajstić information content (AvgIpc) is 2.73. The molecule has 2 aliphatic rings. The second-order valence-corrected chi connectivity index (χ2v) is 6.28. The summed E-state index contributed by atoms with van der Waals surface area (Å²) in [5, 5.41) is 0. The summed E-state index contributed by atoms with van der Waals surface area (Å²) in [6.45, 7) is 2.14. The van der Waals surface area contributed by atoms with E-state index in [9.17, 15) is 23.6 Å². The molecule has 0 radical (unpaired) electrons. The van der Waals surface area contributed by atoms with E-state index in [4.69, 9.17) is 9.47 Å². The minimum atomic E-state index is -2.14. The van der Waals surface area contributed by atoms with Gasteiger partial charge in [0.2, 0.25) is 0 Å². The van der Waals surface area contributed by atoms with Crippen LogP contribution in [0.1, 0.15) is 32.1 Å². The first-order valence-corrected chi connectivity index (χ1v) is 8.91. The zero-order valence-corrected chi connectivity index (χ0v) is 15.7. The summed E-state index contributed by atoms with van der Waals surface area (Å²) in [6.07, 6.45) is 0.197. The van der Waals surface area contributed by atoms with E-state index in [0.717, 1.165) is 20.0 Å². The Balaban J connectivity index is 0.000000271. The highest BCUT2D eigenvalue weighted by Gasteiger charge is 2.33. The van der Waals surface area contributed by atoms with Gasteiger partial charge in [-0.25, -0.2) is 9.18 Å².